The van der Waals surface area contributed by atoms with Gasteiger partial charge in [0, 0.05) is 16.2 Å². The Labute approximate surface area is 283 Å². The highest BCUT2D eigenvalue weighted by Crippen LogP contribution is 2.49. The highest BCUT2D eigenvalue weighted by Gasteiger charge is 2.22. The number of hydrogen-bond donors (Lipinski definition) is 0. The molecule has 10 aromatic rings. The molecule has 0 atom stereocenters. The molecule has 0 N–H and O–H groups in total. The molecule has 218 valence electrons. The van der Waals surface area contributed by atoms with E-state index >= 15 is 0 Å². The first-order valence-corrected chi connectivity index (χ1v) is 15.5. The predicted octanol–water partition coefficient (Wildman–Crippen LogP) is 13.2. The molecule has 0 saturated carbocycles. The molecule has 0 bridgehead atoms. The normalized spacial score (nSPS) is 14.2. The number of furan rings is 1. The lowest BCUT2D eigenvalue weighted by Gasteiger charge is -2.20. The first-order valence-electron chi connectivity index (χ1n) is 19.5. The van der Waals surface area contributed by atoms with Crippen LogP contribution in [0.2, 0.25) is 0 Å². The summed E-state index contributed by atoms with van der Waals surface area (Å²) in [5, 5.41) is 5.68. The lowest BCUT2D eigenvalue weighted by molar-refractivity contribution is 0.673. The van der Waals surface area contributed by atoms with E-state index in [1.165, 1.54) is 0 Å². The van der Waals surface area contributed by atoms with Gasteiger partial charge in [-0.15, -0.1) is 0 Å². The molecule has 0 amide bonds. The summed E-state index contributed by atoms with van der Waals surface area (Å²) in [6.45, 7) is 0. The summed E-state index contributed by atoms with van der Waals surface area (Å²) in [6.07, 6.45) is 0. The van der Waals surface area contributed by atoms with E-state index in [9.17, 15) is 5.48 Å². The molecule has 9 aromatic carbocycles. The molecule has 0 aliphatic heterocycles. The topological polar surface area (TPSA) is 13.1 Å². The van der Waals surface area contributed by atoms with Crippen molar-refractivity contribution < 1.29 is 15.4 Å². The Bertz CT molecular complexity index is 3220. The Kier molecular flexibility index (Phi) is 4.19. The van der Waals surface area contributed by atoms with Gasteiger partial charge in [0.05, 0.1) is 11.0 Å². The number of fused-ring (bicyclic) bond motifs is 8. The van der Waals surface area contributed by atoms with Crippen LogP contribution in [0.5, 0.6) is 0 Å². The summed E-state index contributed by atoms with van der Waals surface area (Å²) in [7, 11) is 0. The maximum atomic E-state index is 9.52. The molecule has 1 aromatic heterocycles. The van der Waals surface area contributed by atoms with E-state index in [1.54, 1.807) is 6.07 Å². The van der Waals surface area contributed by atoms with Crippen molar-refractivity contribution in [3.05, 3.63) is 170 Å². The van der Waals surface area contributed by atoms with E-state index < -0.39 is 24.2 Å². The smallest absolute Gasteiger partial charge is 0.143 e. The third kappa shape index (κ3) is 3.84. The van der Waals surface area contributed by atoms with Crippen molar-refractivity contribution in [3.8, 4) is 33.4 Å². The standard InChI is InChI=1S/C46H28O/c1-2-13-29(14-3-1)31-27-28-39(34-18-7-6-17-33(31)34)43-35-19-8-10-21-37(35)44(38-22-11-9-20-36(38)43)40-23-12-24-42-45(40)41-26-25-30-15-4-5-16-32(30)46(41)47-42/h1-28H/i8D,9D,10D,11D,19D,20D,21D,22D. The zero-order chi connectivity index (χ0) is 37.9. The van der Waals surface area contributed by atoms with Crippen LogP contribution in [0.1, 0.15) is 11.0 Å². The van der Waals surface area contributed by atoms with Crippen molar-refractivity contribution in [2.24, 2.45) is 0 Å². The van der Waals surface area contributed by atoms with Crippen LogP contribution < -0.4 is 0 Å². The highest BCUT2D eigenvalue weighted by molar-refractivity contribution is 6.28. The van der Waals surface area contributed by atoms with Gasteiger partial charge in [-0.2, -0.15) is 0 Å². The molecule has 0 aliphatic carbocycles. The van der Waals surface area contributed by atoms with E-state index in [1.807, 2.05) is 115 Å². The SMILES string of the molecule is [2H]c1c([2H])c([2H])c2c(-c3cccc4oc5c6ccccc6ccc5c34)c3c([2H])c([2H])c([2H])c([2H])c3c(-c3ccc(-c4ccccc4)c4ccccc34)c2c1[2H]. The largest absolute Gasteiger partial charge is 0.455 e. The Balaban J connectivity index is 1.47. The van der Waals surface area contributed by atoms with Gasteiger partial charge in [-0.1, -0.05) is 158 Å². The van der Waals surface area contributed by atoms with Crippen LogP contribution in [-0.2, 0) is 0 Å². The molecule has 1 heteroatoms. The minimum Gasteiger partial charge on any atom is -0.455 e. The monoisotopic (exact) mass is 604 g/mol. The van der Waals surface area contributed by atoms with Gasteiger partial charge in [0.2, 0.25) is 0 Å². The Morgan fingerprint density at radius 3 is 1.66 bits per heavy atom. The quantitative estimate of drug-likeness (QED) is 0.183. The summed E-state index contributed by atoms with van der Waals surface area (Å²) in [6, 6.07) is 36.0. The van der Waals surface area contributed by atoms with Gasteiger partial charge < -0.3 is 4.42 Å². The minimum absolute atomic E-state index is 0.164. The molecular formula is C46H28O. The van der Waals surface area contributed by atoms with Gasteiger partial charge >= 0.3 is 0 Å². The van der Waals surface area contributed by atoms with Crippen molar-refractivity contribution >= 4 is 65.0 Å². The molecule has 0 unspecified atom stereocenters. The third-order valence-electron chi connectivity index (χ3n) is 9.31. The van der Waals surface area contributed by atoms with Crippen molar-refractivity contribution in [1.82, 2.24) is 0 Å². The fraction of sp³-hybridized carbons (Fsp3) is 0. The summed E-state index contributed by atoms with van der Waals surface area (Å²) >= 11 is 0. The van der Waals surface area contributed by atoms with Crippen molar-refractivity contribution in [3.63, 3.8) is 0 Å². The molecule has 0 spiro atoms. The molecule has 47 heavy (non-hydrogen) atoms. The molecule has 0 fully saturated rings. The van der Waals surface area contributed by atoms with E-state index in [4.69, 9.17) is 9.90 Å². The second-order valence-electron chi connectivity index (χ2n) is 11.8. The zero-order valence-electron chi connectivity index (χ0n) is 33.0. The van der Waals surface area contributed by atoms with Crippen LogP contribution in [0.3, 0.4) is 0 Å². The van der Waals surface area contributed by atoms with E-state index in [2.05, 4.69) is 0 Å². The zero-order valence-corrected chi connectivity index (χ0v) is 25.0. The summed E-state index contributed by atoms with van der Waals surface area (Å²) in [5.74, 6) is 0. The minimum atomic E-state index is -0.440. The number of benzene rings is 9. The highest BCUT2D eigenvalue weighted by atomic mass is 16.3. The van der Waals surface area contributed by atoms with Crippen LogP contribution in [0.4, 0.5) is 0 Å². The number of rotatable bonds is 3. The summed E-state index contributed by atoms with van der Waals surface area (Å²) < 4.78 is 80.3. The first-order chi connectivity index (χ1) is 26.7. The first kappa shape index (κ1) is 19.4. The van der Waals surface area contributed by atoms with Crippen LogP contribution >= 0.6 is 0 Å². The fourth-order valence-corrected chi connectivity index (χ4v) is 7.31. The maximum Gasteiger partial charge on any atom is 0.143 e. The molecular weight excluding hydrogens is 569 g/mol. The second kappa shape index (κ2) is 10.2. The van der Waals surface area contributed by atoms with Crippen LogP contribution in [0.25, 0.3) is 98.4 Å². The van der Waals surface area contributed by atoms with Gasteiger partial charge in [0.25, 0.3) is 0 Å². The Morgan fingerprint density at radius 1 is 0.383 bits per heavy atom. The van der Waals surface area contributed by atoms with Gasteiger partial charge in [-0.3, -0.25) is 0 Å². The molecule has 1 nitrogen and oxygen atoms in total. The Morgan fingerprint density at radius 2 is 0.957 bits per heavy atom. The molecule has 0 saturated heterocycles. The molecule has 0 radical (unpaired) electrons. The van der Waals surface area contributed by atoms with E-state index in [0.717, 1.165) is 38.1 Å². The van der Waals surface area contributed by atoms with Crippen molar-refractivity contribution in [2.45, 2.75) is 0 Å². The van der Waals surface area contributed by atoms with Gasteiger partial charge in [0.1, 0.15) is 11.2 Å². The maximum absolute atomic E-state index is 9.52. The average Bonchev–Trinajstić information content (AvgIpc) is 3.62. The molecule has 0 aliphatic rings. The van der Waals surface area contributed by atoms with E-state index in [0.29, 0.717) is 38.8 Å². The predicted molar refractivity (Wildman–Crippen MR) is 200 cm³/mol. The summed E-state index contributed by atoms with van der Waals surface area (Å²) in [4.78, 5) is 0. The summed E-state index contributed by atoms with van der Waals surface area (Å²) in [5.41, 5.74) is 4.88. The molecule has 10 rings (SSSR count). The fourth-order valence-electron chi connectivity index (χ4n) is 7.31. The van der Waals surface area contributed by atoms with E-state index in [-0.39, 0.29) is 45.7 Å². The van der Waals surface area contributed by atoms with Crippen LogP contribution in [0, 0.1) is 0 Å². The van der Waals surface area contributed by atoms with Crippen LogP contribution in [0.15, 0.2) is 174 Å². The lowest BCUT2D eigenvalue weighted by atomic mass is 9.83. The third-order valence-corrected chi connectivity index (χ3v) is 9.31. The van der Waals surface area contributed by atoms with Crippen molar-refractivity contribution in [2.75, 3.05) is 0 Å². The second-order valence-corrected chi connectivity index (χ2v) is 11.8. The van der Waals surface area contributed by atoms with Gasteiger partial charge in [-0.25, -0.2) is 0 Å². The van der Waals surface area contributed by atoms with Crippen LogP contribution in [-0.4, -0.2) is 0 Å². The Hall–Kier alpha value is -6.18. The van der Waals surface area contributed by atoms with Crippen molar-refractivity contribution in [1.29, 1.82) is 0 Å². The van der Waals surface area contributed by atoms with Gasteiger partial charge in [-0.05, 0) is 83.2 Å². The number of hydrogen-bond acceptors (Lipinski definition) is 1. The lowest BCUT2D eigenvalue weighted by Crippen LogP contribution is -1.92. The molecule has 1 heterocycles. The van der Waals surface area contributed by atoms with Gasteiger partial charge in [0.15, 0.2) is 0 Å². The average molecular weight is 605 g/mol.